The SMILES string of the molecule is Nc1nc(N)n(-c2cc(F)c(-c3ccc(F)cc3)c(C(F)(F)F)c2)n1. The number of nitrogen functional groups attached to an aromatic ring is 2. The van der Waals surface area contributed by atoms with Gasteiger partial charge in [0.2, 0.25) is 11.9 Å². The smallest absolute Gasteiger partial charge is 0.368 e. The van der Waals surface area contributed by atoms with Gasteiger partial charge in [0.1, 0.15) is 11.6 Å². The number of alkyl halides is 3. The Hall–Kier alpha value is -3.17. The first-order valence-corrected chi connectivity index (χ1v) is 6.82. The molecule has 4 N–H and O–H groups in total. The fourth-order valence-corrected chi connectivity index (χ4v) is 2.38. The number of hydrogen-bond acceptors (Lipinski definition) is 4. The standard InChI is InChI=1S/C15H10F5N5/c16-8-3-1-7(2-4-8)12-10(15(18,19)20)5-9(6-11(12)17)25-14(22)23-13(21)24-25/h1-6H,(H4,21,22,23,24). The van der Waals surface area contributed by atoms with Gasteiger partial charge < -0.3 is 11.5 Å². The molecule has 0 amide bonds. The summed E-state index contributed by atoms with van der Waals surface area (Å²) in [4.78, 5) is 3.56. The molecule has 2 aromatic carbocycles. The molecule has 3 rings (SSSR count). The Morgan fingerprint density at radius 3 is 2.12 bits per heavy atom. The molecule has 0 spiro atoms. The highest BCUT2D eigenvalue weighted by Gasteiger charge is 2.36. The molecule has 0 unspecified atom stereocenters. The van der Waals surface area contributed by atoms with Crippen LogP contribution in [0.1, 0.15) is 5.56 Å². The van der Waals surface area contributed by atoms with E-state index in [1.165, 1.54) is 0 Å². The number of anilines is 2. The van der Waals surface area contributed by atoms with Crippen molar-refractivity contribution in [3.63, 3.8) is 0 Å². The van der Waals surface area contributed by atoms with Crippen LogP contribution in [0.2, 0.25) is 0 Å². The second-order valence-electron chi connectivity index (χ2n) is 5.09. The predicted molar refractivity (Wildman–Crippen MR) is 80.5 cm³/mol. The normalized spacial score (nSPS) is 11.7. The molecule has 0 saturated heterocycles. The minimum Gasteiger partial charge on any atom is -0.368 e. The number of hydrogen-bond donors (Lipinski definition) is 2. The van der Waals surface area contributed by atoms with Crippen molar-refractivity contribution >= 4 is 11.9 Å². The lowest BCUT2D eigenvalue weighted by Gasteiger charge is -2.16. The highest BCUT2D eigenvalue weighted by Crippen LogP contribution is 2.40. The third-order valence-electron chi connectivity index (χ3n) is 3.41. The van der Waals surface area contributed by atoms with Crippen LogP contribution in [0, 0.1) is 11.6 Å². The molecule has 0 aliphatic rings. The summed E-state index contributed by atoms with van der Waals surface area (Å²) in [5.41, 5.74) is 8.47. The molecule has 0 saturated carbocycles. The van der Waals surface area contributed by atoms with E-state index in [0.29, 0.717) is 6.07 Å². The summed E-state index contributed by atoms with van der Waals surface area (Å²) in [6, 6.07) is 5.50. The van der Waals surface area contributed by atoms with Gasteiger partial charge >= 0.3 is 6.18 Å². The Labute approximate surface area is 137 Å². The van der Waals surface area contributed by atoms with Crippen LogP contribution in [0.4, 0.5) is 33.8 Å². The van der Waals surface area contributed by atoms with E-state index in [1.54, 1.807) is 0 Å². The van der Waals surface area contributed by atoms with Crippen LogP contribution in [0.15, 0.2) is 36.4 Å². The summed E-state index contributed by atoms with van der Waals surface area (Å²) in [6.45, 7) is 0. The zero-order chi connectivity index (χ0) is 18.4. The molecule has 0 aliphatic heterocycles. The lowest BCUT2D eigenvalue weighted by atomic mass is 9.97. The molecular formula is C15H10F5N5. The molecule has 5 nitrogen and oxygen atoms in total. The number of rotatable bonds is 2. The topological polar surface area (TPSA) is 82.7 Å². The molecule has 0 radical (unpaired) electrons. The van der Waals surface area contributed by atoms with Crippen LogP contribution in [0.3, 0.4) is 0 Å². The number of nitrogens with two attached hydrogens (primary N) is 2. The van der Waals surface area contributed by atoms with Gasteiger partial charge in [0, 0.05) is 11.6 Å². The molecule has 0 atom stereocenters. The first-order valence-electron chi connectivity index (χ1n) is 6.82. The third kappa shape index (κ3) is 3.10. The molecule has 3 aromatic rings. The van der Waals surface area contributed by atoms with Gasteiger partial charge in [-0.1, -0.05) is 12.1 Å². The Balaban J connectivity index is 2.26. The summed E-state index contributed by atoms with van der Waals surface area (Å²) in [5, 5.41) is 3.63. The van der Waals surface area contributed by atoms with Crippen LogP contribution in [-0.2, 0) is 6.18 Å². The fraction of sp³-hybridized carbons (Fsp3) is 0.0667. The van der Waals surface area contributed by atoms with Crippen LogP contribution < -0.4 is 11.5 Å². The van der Waals surface area contributed by atoms with E-state index in [4.69, 9.17) is 11.5 Å². The minimum absolute atomic E-state index is 0.121. The molecule has 130 valence electrons. The van der Waals surface area contributed by atoms with Gasteiger partial charge in [-0.05, 0) is 23.8 Å². The van der Waals surface area contributed by atoms with E-state index >= 15 is 0 Å². The Kier molecular flexibility index (Phi) is 3.82. The first kappa shape index (κ1) is 16.7. The van der Waals surface area contributed by atoms with Crippen molar-refractivity contribution in [3.8, 4) is 16.8 Å². The Morgan fingerprint density at radius 2 is 1.60 bits per heavy atom. The van der Waals surface area contributed by atoms with E-state index in [9.17, 15) is 22.0 Å². The first-order chi connectivity index (χ1) is 11.7. The summed E-state index contributed by atoms with van der Waals surface area (Å²) >= 11 is 0. The van der Waals surface area contributed by atoms with Crippen molar-refractivity contribution in [2.24, 2.45) is 0 Å². The van der Waals surface area contributed by atoms with Gasteiger partial charge in [-0.3, -0.25) is 0 Å². The second kappa shape index (κ2) is 5.72. The van der Waals surface area contributed by atoms with Gasteiger partial charge in [-0.2, -0.15) is 22.8 Å². The summed E-state index contributed by atoms with van der Waals surface area (Å²) in [5.74, 6) is -2.39. The zero-order valence-corrected chi connectivity index (χ0v) is 12.4. The Morgan fingerprint density at radius 1 is 0.960 bits per heavy atom. The molecular weight excluding hydrogens is 345 g/mol. The van der Waals surface area contributed by atoms with E-state index < -0.39 is 28.9 Å². The monoisotopic (exact) mass is 355 g/mol. The quantitative estimate of drug-likeness (QED) is 0.690. The second-order valence-corrected chi connectivity index (χ2v) is 5.09. The largest absolute Gasteiger partial charge is 0.417 e. The molecule has 1 aromatic heterocycles. The number of aromatic nitrogens is 3. The molecule has 0 aliphatic carbocycles. The number of halogens is 5. The summed E-state index contributed by atoms with van der Waals surface area (Å²) in [6.07, 6.45) is -4.87. The molecule has 0 fully saturated rings. The van der Waals surface area contributed by atoms with Gasteiger partial charge in [-0.15, -0.1) is 5.10 Å². The van der Waals surface area contributed by atoms with Crippen molar-refractivity contribution in [1.29, 1.82) is 0 Å². The third-order valence-corrected chi connectivity index (χ3v) is 3.41. The average molecular weight is 355 g/mol. The van der Waals surface area contributed by atoms with Crippen molar-refractivity contribution < 1.29 is 22.0 Å². The van der Waals surface area contributed by atoms with Crippen LogP contribution >= 0.6 is 0 Å². The van der Waals surface area contributed by atoms with Crippen molar-refractivity contribution in [2.75, 3.05) is 11.5 Å². The van der Waals surface area contributed by atoms with Gasteiger partial charge in [0.05, 0.1) is 11.3 Å². The maximum atomic E-state index is 14.5. The lowest BCUT2D eigenvalue weighted by Crippen LogP contribution is -2.12. The average Bonchev–Trinajstić information content (AvgIpc) is 2.85. The maximum Gasteiger partial charge on any atom is 0.417 e. The van der Waals surface area contributed by atoms with Gasteiger partial charge in [0.15, 0.2) is 0 Å². The summed E-state index contributed by atoms with van der Waals surface area (Å²) in [7, 11) is 0. The van der Waals surface area contributed by atoms with E-state index in [1.807, 2.05) is 0 Å². The molecule has 1 heterocycles. The van der Waals surface area contributed by atoms with Crippen molar-refractivity contribution in [3.05, 3.63) is 53.6 Å². The van der Waals surface area contributed by atoms with Gasteiger partial charge in [-0.25, -0.2) is 8.78 Å². The van der Waals surface area contributed by atoms with E-state index in [0.717, 1.165) is 35.0 Å². The molecule has 0 bridgehead atoms. The zero-order valence-electron chi connectivity index (χ0n) is 12.4. The van der Waals surface area contributed by atoms with E-state index in [-0.39, 0.29) is 23.1 Å². The maximum absolute atomic E-state index is 14.5. The van der Waals surface area contributed by atoms with Crippen LogP contribution in [-0.4, -0.2) is 14.8 Å². The van der Waals surface area contributed by atoms with Crippen LogP contribution in [0.5, 0.6) is 0 Å². The highest BCUT2D eigenvalue weighted by molar-refractivity contribution is 5.70. The predicted octanol–water partition coefficient (Wildman–Crippen LogP) is 3.40. The van der Waals surface area contributed by atoms with Crippen LogP contribution in [0.25, 0.3) is 16.8 Å². The Bertz CT molecular complexity index is 931. The molecule has 10 heteroatoms. The summed E-state index contributed by atoms with van der Waals surface area (Å²) < 4.78 is 68.7. The highest BCUT2D eigenvalue weighted by atomic mass is 19.4. The van der Waals surface area contributed by atoms with Gasteiger partial charge in [0.25, 0.3) is 0 Å². The number of nitrogens with zero attached hydrogens (tertiary/aromatic N) is 3. The van der Waals surface area contributed by atoms with Crippen molar-refractivity contribution in [2.45, 2.75) is 6.18 Å². The minimum atomic E-state index is -4.87. The molecule has 25 heavy (non-hydrogen) atoms. The lowest BCUT2D eigenvalue weighted by molar-refractivity contribution is -0.137. The number of benzene rings is 2. The van der Waals surface area contributed by atoms with Crippen molar-refractivity contribution in [1.82, 2.24) is 14.8 Å². The fourth-order valence-electron chi connectivity index (χ4n) is 2.38. The van der Waals surface area contributed by atoms with E-state index in [2.05, 4.69) is 10.1 Å².